The molecule has 3 heterocycles. The van der Waals surface area contributed by atoms with Crippen molar-refractivity contribution in [1.29, 1.82) is 0 Å². The number of aromatic carboxylic acids is 1. The summed E-state index contributed by atoms with van der Waals surface area (Å²) in [6.07, 6.45) is 1.46. The van der Waals surface area contributed by atoms with Gasteiger partial charge in [-0.05, 0) is 34.0 Å². The quantitative estimate of drug-likeness (QED) is 0.377. The largest absolute Gasteiger partial charge is 0.475 e. The van der Waals surface area contributed by atoms with E-state index in [0.717, 1.165) is 27.9 Å². The minimum atomic E-state index is -1.11. The number of nitrogens with zero attached hydrogens (tertiary/aromatic N) is 6. The van der Waals surface area contributed by atoms with Gasteiger partial charge in [-0.2, -0.15) is 0 Å². The van der Waals surface area contributed by atoms with Crippen LogP contribution < -0.4 is 5.32 Å². The van der Waals surface area contributed by atoms with Crippen LogP contribution in [0.1, 0.15) is 21.9 Å². The van der Waals surface area contributed by atoms with Crippen LogP contribution in [0.4, 0.5) is 5.82 Å². The lowest BCUT2D eigenvalue weighted by atomic mass is 9.98. The normalized spacial score (nSPS) is 11.0. The summed E-state index contributed by atoms with van der Waals surface area (Å²) in [6.45, 7) is 2.36. The van der Waals surface area contributed by atoms with Gasteiger partial charge in [0.1, 0.15) is 5.82 Å². The maximum Gasteiger partial charge on any atom is 0.372 e. The van der Waals surface area contributed by atoms with E-state index in [1.165, 1.54) is 10.6 Å². The Morgan fingerprint density at radius 1 is 1.12 bits per heavy atom. The number of tetrazole rings is 1. The Hall–Kier alpha value is -4.60. The number of anilines is 1. The van der Waals surface area contributed by atoms with Gasteiger partial charge in [0, 0.05) is 23.9 Å². The third kappa shape index (κ3) is 3.54. The molecule has 3 N–H and O–H groups in total. The third-order valence-electron chi connectivity index (χ3n) is 5.08. The highest BCUT2D eigenvalue weighted by atomic mass is 16.4. The summed E-state index contributed by atoms with van der Waals surface area (Å²) >= 11 is 0. The first-order chi connectivity index (χ1) is 15.6. The number of nitrogens with one attached hydrogen (secondary N) is 2. The van der Waals surface area contributed by atoms with Gasteiger partial charge in [0.15, 0.2) is 11.5 Å². The molecule has 0 aliphatic rings. The molecule has 158 valence electrons. The highest BCUT2D eigenvalue weighted by Gasteiger charge is 2.16. The van der Waals surface area contributed by atoms with E-state index in [1.807, 2.05) is 55.5 Å². The molecule has 3 aromatic heterocycles. The summed E-state index contributed by atoms with van der Waals surface area (Å²) in [7, 11) is 0. The molecule has 0 amide bonds. The molecule has 0 saturated carbocycles. The number of H-pyrrole nitrogens is 1. The number of aromatic amines is 1. The fourth-order valence-corrected chi connectivity index (χ4v) is 3.62. The fourth-order valence-electron chi connectivity index (χ4n) is 3.62. The van der Waals surface area contributed by atoms with Crippen LogP contribution >= 0.6 is 0 Å². The zero-order valence-corrected chi connectivity index (χ0v) is 17.0. The van der Waals surface area contributed by atoms with Crippen molar-refractivity contribution in [1.82, 2.24) is 35.0 Å². The highest BCUT2D eigenvalue weighted by Crippen LogP contribution is 2.29. The monoisotopic (exact) mass is 426 g/mol. The molecule has 2 aromatic carbocycles. The number of benzene rings is 2. The van der Waals surface area contributed by atoms with Gasteiger partial charge in [0.2, 0.25) is 5.82 Å². The topological polar surface area (TPSA) is 134 Å². The van der Waals surface area contributed by atoms with E-state index in [2.05, 4.69) is 35.9 Å². The summed E-state index contributed by atoms with van der Waals surface area (Å²) in [5.41, 5.74) is 5.25. The van der Waals surface area contributed by atoms with E-state index in [1.54, 1.807) is 6.07 Å². The Kier molecular flexibility index (Phi) is 4.79. The molecule has 0 saturated heterocycles. The molecule has 0 bridgehead atoms. The summed E-state index contributed by atoms with van der Waals surface area (Å²) in [6, 6.07) is 17.8. The molecule has 5 rings (SSSR count). The summed E-state index contributed by atoms with van der Waals surface area (Å²) in [5, 5.41) is 26.9. The van der Waals surface area contributed by atoms with Crippen LogP contribution in [-0.2, 0) is 6.54 Å². The first-order valence-electron chi connectivity index (χ1n) is 9.85. The highest BCUT2D eigenvalue weighted by molar-refractivity contribution is 5.85. The number of hydrogen-bond donors (Lipinski definition) is 3. The lowest BCUT2D eigenvalue weighted by molar-refractivity contribution is 0.0683. The molecule has 0 unspecified atom stereocenters. The van der Waals surface area contributed by atoms with Gasteiger partial charge in [-0.15, -0.1) is 5.10 Å². The Labute approximate surface area is 182 Å². The number of fused-ring (bicyclic) bond motifs is 1. The van der Waals surface area contributed by atoms with E-state index >= 15 is 0 Å². The van der Waals surface area contributed by atoms with Gasteiger partial charge in [0.05, 0.1) is 6.20 Å². The van der Waals surface area contributed by atoms with Crippen molar-refractivity contribution in [3.05, 3.63) is 77.9 Å². The summed E-state index contributed by atoms with van der Waals surface area (Å²) < 4.78 is 1.51. The zero-order valence-electron chi connectivity index (χ0n) is 17.0. The molecule has 5 aromatic rings. The van der Waals surface area contributed by atoms with Crippen molar-refractivity contribution in [2.45, 2.75) is 13.5 Å². The standard InChI is InChI=1S/C22H18N8O2/c1-13-10-18(30-19(25-13)12-24-21(30)22(31)32)23-11-14-6-8-15(9-7-14)16-4-2-3-5-17(16)20-26-28-29-27-20/h2-10,12,23H,11H2,1H3,(H,31,32)(H,26,27,28,29). The smallest absolute Gasteiger partial charge is 0.372 e. The maximum absolute atomic E-state index is 11.5. The van der Waals surface area contributed by atoms with Crippen LogP contribution in [0.15, 0.2) is 60.8 Å². The summed E-state index contributed by atoms with van der Waals surface area (Å²) in [5.74, 6) is 0.0418. The Bertz CT molecular complexity index is 1410. The van der Waals surface area contributed by atoms with E-state index < -0.39 is 5.97 Å². The van der Waals surface area contributed by atoms with Gasteiger partial charge in [-0.25, -0.2) is 19.9 Å². The average molecular weight is 426 g/mol. The predicted octanol–water partition coefficient (Wildman–Crippen LogP) is 3.20. The van der Waals surface area contributed by atoms with Gasteiger partial charge < -0.3 is 10.4 Å². The van der Waals surface area contributed by atoms with Crippen molar-refractivity contribution >= 4 is 17.4 Å². The van der Waals surface area contributed by atoms with Crippen LogP contribution in [0.2, 0.25) is 0 Å². The van der Waals surface area contributed by atoms with E-state index in [4.69, 9.17) is 0 Å². The number of aryl methyl sites for hydroxylation is 1. The van der Waals surface area contributed by atoms with Crippen molar-refractivity contribution in [2.24, 2.45) is 0 Å². The lowest BCUT2D eigenvalue weighted by Crippen LogP contribution is -2.11. The number of rotatable bonds is 6. The lowest BCUT2D eigenvalue weighted by Gasteiger charge is -2.12. The first-order valence-corrected chi connectivity index (χ1v) is 9.85. The molecular weight excluding hydrogens is 408 g/mol. The van der Waals surface area contributed by atoms with Crippen LogP contribution in [0.25, 0.3) is 28.2 Å². The van der Waals surface area contributed by atoms with E-state index in [0.29, 0.717) is 23.8 Å². The van der Waals surface area contributed by atoms with Gasteiger partial charge >= 0.3 is 5.97 Å². The van der Waals surface area contributed by atoms with E-state index in [9.17, 15) is 9.90 Å². The molecule has 10 nitrogen and oxygen atoms in total. The number of carbonyl (C=O) groups is 1. The second-order valence-electron chi connectivity index (χ2n) is 7.21. The molecule has 0 radical (unpaired) electrons. The Morgan fingerprint density at radius 2 is 1.91 bits per heavy atom. The van der Waals surface area contributed by atoms with Crippen molar-refractivity contribution in [2.75, 3.05) is 5.32 Å². The Balaban J connectivity index is 1.41. The number of hydrogen-bond acceptors (Lipinski definition) is 7. The molecule has 0 aliphatic heterocycles. The van der Waals surface area contributed by atoms with Crippen molar-refractivity contribution < 1.29 is 9.90 Å². The van der Waals surface area contributed by atoms with Crippen LogP contribution in [0.5, 0.6) is 0 Å². The minimum Gasteiger partial charge on any atom is -0.475 e. The van der Waals surface area contributed by atoms with Gasteiger partial charge in [-0.3, -0.25) is 4.40 Å². The zero-order chi connectivity index (χ0) is 22.1. The van der Waals surface area contributed by atoms with E-state index in [-0.39, 0.29) is 5.82 Å². The number of aromatic nitrogens is 7. The maximum atomic E-state index is 11.5. The second-order valence-corrected chi connectivity index (χ2v) is 7.21. The van der Waals surface area contributed by atoms with Crippen molar-refractivity contribution in [3.8, 4) is 22.5 Å². The molecule has 32 heavy (non-hydrogen) atoms. The molecule has 0 spiro atoms. The molecule has 10 heteroatoms. The van der Waals surface area contributed by atoms with Crippen LogP contribution in [0.3, 0.4) is 0 Å². The van der Waals surface area contributed by atoms with Crippen LogP contribution in [0, 0.1) is 6.92 Å². The fraction of sp³-hybridized carbons (Fsp3) is 0.0909. The number of imidazole rings is 1. The number of carboxylic acid groups (broad SMARTS) is 1. The van der Waals surface area contributed by atoms with Gasteiger partial charge in [0.25, 0.3) is 0 Å². The summed E-state index contributed by atoms with van der Waals surface area (Å²) in [4.78, 5) is 19.8. The Morgan fingerprint density at radius 3 is 2.62 bits per heavy atom. The first kappa shape index (κ1) is 19.4. The number of carboxylic acids is 1. The predicted molar refractivity (Wildman–Crippen MR) is 117 cm³/mol. The SMILES string of the molecule is Cc1cc(NCc2ccc(-c3ccccc3-c3nnn[nH]3)cc2)n2c(C(=O)O)ncc2n1. The van der Waals surface area contributed by atoms with Crippen LogP contribution in [-0.4, -0.2) is 46.1 Å². The molecular formula is C22H18N8O2. The molecule has 0 aliphatic carbocycles. The van der Waals surface area contributed by atoms with Gasteiger partial charge in [-0.1, -0.05) is 48.5 Å². The second kappa shape index (κ2) is 7.91. The minimum absolute atomic E-state index is 0.0798. The average Bonchev–Trinajstić information content (AvgIpc) is 3.48. The molecule has 0 fully saturated rings. The molecule has 0 atom stereocenters. The van der Waals surface area contributed by atoms with Crippen molar-refractivity contribution in [3.63, 3.8) is 0 Å². The third-order valence-corrected chi connectivity index (χ3v) is 5.08.